The maximum absolute atomic E-state index is 11.6. The van der Waals surface area contributed by atoms with Crippen molar-refractivity contribution in [3.05, 3.63) is 53.6 Å². The fourth-order valence-electron chi connectivity index (χ4n) is 3.02. The zero-order valence-corrected chi connectivity index (χ0v) is 17.0. The minimum Gasteiger partial charge on any atom is -0.225 e. The van der Waals surface area contributed by atoms with Crippen LogP contribution in [0.15, 0.2) is 47.4 Å². The first-order valence-electron chi connectivity index (χ1n) is 9.07. The Labute approximate surface area is 153 Å². The third-order valence-corrected chi connectivity index (χ3v) is 5.25. The van der Waals surface area contributed by atoms with Gasteiger partial charge in [0, 0.05) is 0 Å². The highest BCUT2D eigenvalue weighted by Crippen LogP contribution is 2.46. The molecule has 0 amide bonds. The highest BCUT2D eigenvalue weighted by Gasteiger charge is 2.28. The summed E-state index contributed by atoms with van der Waals surface area (Å²) in [7, 11) is -3.67. The summed E-state index contributed by atoms with van der Waals surface area (Å²) in [5.74, 6) is 0.772. The number of hydrogen-bond donors (Lipinski definition) is 1. The van der Waals surface area contributed by atoms with Gasteiger partial charge < -0.3 is 0 Å². The van der Waals surface area contributed by atoms with Gasteiger partial charge in [-0.2, -0.15) is 0 Å². The van der Waals surface area contributed by atoms with Crippen LogP contribution < -0.4 is 5.14 Å². The zero-order chi connectivity index (χ0) is 19.2. The lowest BCUT2D eigenvalue weighted by Crippen LogP contribution is -2.16. The van der Waals surface area contributed by atoms with E-state index in [-0.39, 0.29) is 4.90 Å². The fraction of sp³-hybridized carbons (Fsp3) is 0.429. The van der Waals surface area contributed by atoms with Crippen molar-refractivity contribution in [2.75, 3.05) is 0 Å². The Bertz CT molecular complexity index is 797. The molecule has 0 saturated carbocycles. The molecule has 0 aliphatic heterocycles. The predicted octanol–water partition coefficient (Wildman–Crippen LogP) is 5.66. The van der Waals surface area contributed by atoms with Gasteiger partial charge in [0.15, 0.2) is 0 Å². The fourth-order valence-corrected chi connectivity index (χ4v) is 3.56. The molecule has 25 heavy (non-hydrogen) atoms. The van der Waals surface area contributed by atoms with E-state index in [9.17, 15) is 8.42 Å². The molecule has 2 atom stereocenters. The standard InChI is InChI=1S/C16H17NO2S.C3H8.C2H6/c1-10-11(2)14-8-7-12(20(17,18)19)9-16(14)15-6-4-3-5-13(10)15;1-3-2;1-2/h3-11H,1-2H3,(H2,17,18,19);3H2,1-2H3;1-2H3. The highest BCUT2D eigenvalue weighted by molar-refractivity contribution is 7.89. The molecule has 3 rings (SSSR count). The molecule has 1 aliphatic rings. The van der Waals surface area contributed by atoms with Crippen LogP contribution in [0, 0.1) is 0 Å². The second-order valence-corrected chi connectivity index (χ2v) is 7.73. The molecule has 0 aromatic heterocycles. The van der Waals surface area contributed by atoms with Crippen molar-refractivity contribution in [2.45, 2.75) is 64.7 Å². The van der Waals surface area contributed by atoms with E-state index >= 15 is 0 Å². The van der Waals surface area contributed by atoms with Crippen LogP contribution in [0.4, 0.5) is 0 Å². The van der Waals surface area contributed by atoms with E-state index in [0.29, 0.717) is 11.8 Å². The van der Waals surface area contributed by atoms with Gasteiger partial charge in [-0.25, -0.2) is 13.6 Å². The maximum atomic E-state index is 11.6. The first-order valence-corrected chi connectivity index (χ1v) is 10.6. The Balaban J connectivity index is 0.000000567. The summed E-state index contributed by atoms with van der Waals surface area (Å²) in [6.07, 6.45) is 1.25. The van der Waals surface area contributed by atoms with E-state index in [0.717, 1.165) is 11.1 Å². The minimum absolute atomic E-state index is 0.174. The van der Waals surface area contributed by atoms with Crippen LogP contribution >= 0.6 is 0 Å². The topological polar surface area (TPSA) is 60.2 Å². The molecule has 0 fully saturated rings. The van der Waals surface area contributed by atoms with Crippen molar-refractivity contribution in [2.24, 2.45) is 5.14 Å². The van der Waals surface area contributed by atoms with E-state index in [1.807, 2.05) is 38.1 Å². The summed E-state index contributed by atoms with van der Waals surface area (Å²) in [5.41, 5.74) is 4.54. The lowest BCUT2D eigenvalue weighted by Gasteiger charge is -2.31. The van der Waals surface area contributed by atoms with Crippen LogP contribution in [-0.4, -0.2) is 8.42 Å². The first-order chi connectivity index (χ1) is 11.8. The number of primary sulfonamides is 1. The molecular formula is C21H31NO2S. The van der Waals surface area contributed by atoms with E-state index in [4.69, 9.17) is 5.14 Å². The smallest absolute Gasteiger partial charge is 0.225 e. The maximum Gasteiger partial charge on any atom is 0.238 e. The number of benzene rings is 2. The quantitative estimate of drug-likeness (QED) is 0.712. The van der Waals surface area contributed by atoms with Gasteiger partial charge in [-0.1, -0.05) is 78.3 Å². The molecule has 0 bridgehead atoms. The van der Waals surface area contributed by atoms with Crippen LogP contribution in [0.3, 0.4) is 0 Å². The summed E-state index contributed by atoms with van der Waals surface area (Å²) in [6.45, 7) is 12.6. The molecule has 2 aromatic rings. The summed E-state index contributed by atoms with van der Waals surface area (Å²) in [5, 5.41) is 5.24. The van der Waals surface area contributed by atoms with Crippen molar-refractivity contribution in [3.8, 4) is 11.1 Å². The monoisotopic (exact) mass is 361 g/mol. The van der Waals surface area contributed by atoms with Gasteiger partial charge in [-0.3, -0.25) is 0 Å². The average molecular weight is 362 g/mol. The lowest BCUT2D eigenvalue weighted by atomic mass is 9.73. The molecule has 0 saturated heterocycles. The largest absolute Gasteiger partial charge is 0.238 e. The van der Waals surface area contributed by atoms with Gasteiger partial charge in [0.05, 0.1) is 4.90 Å². The summed E-state index contributed by atoms with van der Waals surface area (Å²) >= 11 is 0. The molecule has 4 heteroatoms. The molecule has 2 unspecified atom stereocenters. The SMILES string of the molecule is CC.CC1c2ccccc2-c2cc(S(N)(=O)=O)ccc2C1C.CCC. The number of nitrogens with two attached hydrogens (primary N) is 1. The van der Waals surface area contributed by atoms with Crippen LogP contribution in [0.1, 0.15) is 70.9 Å². The predicted molar refractivity (Wildman–Crippen MR) is 107 cm³/mol. The van der Waals surface area contributed by atoms with Gasteiger partial charge >= 0.3 is 0 Å². The molecule has 3 nitrogen and oxygen atoms in total. The highest BCUT2D eigenvalue weighted by atomic mass is 32.2. The summed E-state index contributed by atoms with van der Waals surface area (Å²) < 4.78 is 23.1. The average Bonchev–Trinajstić information content (AvgIpc) is 2.61. The van der Waals surface area contributed by atoms with Crippen molar-refractivity contribution in [1.29, 1.82) is 0 Å². The van der Waals surface area contributed by atoms with E-state index < -0.39 is 10.0 Å². The van der Waals surface area contributed by atoms with Gasteiger partial charge in [-0.05, 0) is 46.2 Å². The normalized spacial score (nSPS) is 17.9. The van der Waals surface area contributed by atoms with Crippen LogP contribution in [0.2, 0.25) is 0 Å². The lowest BCUT2D eigenvalue weighted by molar-refractivity contribution is 0.596. The van der Waals surface area contributed by atoms with Gasteiger partial charge in [0.1, 0.15) is 0 Å². The van der Waals surface area contributed by atoms with E-state index in [1.165, 1.54) is 17.5 Å². The van der Waals surface area contributed by atoms with Crippen LogP contribution in [-0.2, 0) is 10.0 Å². The number of rotatable bonds is 1. The Morgan fingerprint density at radius 2 is 1.36 bits per heavy atom. The molecule has 2 aromatic carbocycles. The Morgan fingerprint density at radius 3 is 1.88 bits per heavy atom. The third-order valence-electron chi connectivity index (χ3n) is 4.34. The van der Waals surface area contributed by atoms with Crippen molar-refractivity contribution < 1.29 is 8.42 Å². The number of hydrogen-bond acceptors (Lipinski definition) is 2. The Hall–Kier alpha value is -1.65. The molecule has 2 N–H and O–H groups in total. The summed E-state index contributed by atoms with van der Waals surface area (Å²) in [4.78, 5) is 0.174. The van der Waals surface area contributed by atoms with Crippen molar-refractivity contribution >= 4 is 10.0 Å². The number of fused-ring (bicyclic) bond motifs is 3. The van der Waals surface area contributed by atoms with Crippen LogP contribution in [0.25, 0.3) is 11.1 Å². The van der Waals surface area contributed by atoms with E-state index in [2.05, 4.69) is 33.8 Å². The summed E-state index contributed by atoms with van der Waals surface area (Å²) in [6, 6.07) is 13.4. The van der Waals surface area contributed by atoms with Gasteiger partial charge in [0.25, 0.3) is 0 Å². The number of sulfonamides is 1. The Kier molecular flexibility index (Phi) is 7.84. The molecule has 138 valence electrons. The third kappa shape index (κ3) is 4.71. The molecule has 1 aliphatic carbocycles. The second-order valence-electron chi connectivity index (χ2n) is 6.17. The minimum atomic E-state index is -3.67. The van der Waals surface area contributed by atoms with E-state index in [1.54, 1.807) is 12.1 Å². The molecule has 0 heterocycles. The zero-order valence-electron chi connectivity index (χ0n) is 16.2. The second kappa shape index (κ2) is 9.16. The van der Waals surface area contributed by atoms with Gasteiger partial charge in [0.2, 0.25) is 10.0 Å². The van der Waals surface area contributed by atoms with Crippen LogP contribution in [0.5, 0.6) is 0 Å². The van der Waals surface area contributed by atoms with Crippen molar-refractivity contribution in [1.82, 2.24) is 0 Å². The molecule has 0 radical (unpaired) electrons. The Morgan fingerprint density at radius 1 is 0.880 bits per heavy atom. The first kappa shape index (κ1) is 21.4. The molecule has 0 spiro atoms. The molecular weight excluding hydrogens is 330 g/mol. The van der Waals surface area contributed by atoms with Gasteiger partial charge in [-0.15, -0.1) is 0 Å². The van der Waals surface area contributed by atoms with Crippen molar-refractivity contribution in [3.63, 3.8) is 0 Å².